The number of nitrogens with zero attached hydrogens (tertiary/aromatic N) is 2. The van der Waals surface area contributed by atoms with Gasteiger partial charge in [0.1, 0.15) is 5.82 Å². The fourth-order valence-electron chi connectivity index (χ4n) is 2.02. The molecule has 0 fully saturated rings. The summed E-state index contributed by atoms with van der Waals surface area (Å²) < 4.78 is 0. The van der Waals surface area contributed by atoms with E-state index in [1.54, 1.807) is 6.20 Å². The van der Waals surface area contributed by atoms with E-state index in [9.17, 15) is 5.11 Å². The fraction of sp³-hybridized carbons (Fsp3) is 0.267. The van der Waals surface area contributed by atoms with E-state index in [1.807, 2.05) is 31.3 Å². The molecule has 0 amide bonds. The van der Waals surface area contributed by atoms with E-state index in [2.05, 4.69) is 28.9 Å². The van der Waals surface area contributed by atoms with Gasteiger partial charge in [-0.05, 0) is 24.1 Å². The largest absolute Gasteiger partial charge is 0.392 e. The standard InChI is InChI=1S/C15H18N2O/c1-12-6-3-4-7-13(12)10-17(2)15-14(11-18)8-5-9-16-15/h3-9,18H,10-11H2,1-2H3. The maximum Gasteiger partial charge on any atom is 0.134 e. The van der Waals surface area contributed by atoms with Gasteiger partial charge in [0.05, 0.1) is 6.61 Å². The average Bonchev–Trinajstić information content (AvgIpc) is 2.41. The molecule has 0 bridgehead atoms. The molecule has 0 aliphatic carbocycles. The predicted octanol–water partition coefficient (Wildman–Crippen LogP) is 2.52. The molecule has 1 N–H and O–H groups in total. The van der Waals surface area contributed by atoms with Gasteiger partial charge >= 0.3 is 0 Å². The molecule has 1 aromatic carbocycles. The zero-order valence-electron chi connectivity index (χ0n) is 10.8. The maximum absolute atomic E-state index is 9.32. The molecule has 0 saturated carbocycles. The van der Waals surface area contributed by atoms with Crippen molar-refractivity contribution in [1.29, 1.82) is 0 Å². The first-order valence-electron chi connectivity index (χ1n) is 6.02. The number of benzene rings is 1. The van der Waals surface area contributed by atoms with Crippen LogP contribution in [0.1, 0.15) is 16.7 Å². The van der Waals surface area contributed by atoms with Crippen molar-refractivity contribution >= 4 is 5.82 Å². The molecule has 18 heavy (non-hydrogen) atoms. The highest BCUT2D eigenvalue weighted by Crippen LogP contribution is 2.19. The number of anilines is 1. The van der Waals surface area contributed by atoms with Gasteiger partial charge in [0.25, 0.3) is 0 Å². The third-order valence-electron chi connectivity index (χ3n) is 3.07. The molecule has 0 aliphatic rings. The number of hydrogen-bond acceptors (Lipinski definition) is 3. The van der Waals surface area contributed by atoms with Crippen LogP contribution < -0.4 is 4.90 Å². The van der Waals surface area contributed by atoms with Gasteiger partial charge < -0.3 is 10.0 Å². The van der Waals surface area contributed by atoms with Gasteiger partial charge in [-0.2, -0.15) is 0 Å². The molecule has 0 unspecified atom stereocenters. The van der Waals surface area contributed by atoms with Gasteiger partial charge in [0.15, 0.2) is 0 Å². The number of aliphatic hydroxyl groups excluding tert-OH is 1. The Morgan fingerprint density at radius 3 is 2.56 bits per heavy atom. The van der Waals surface area contributed by atoms with Crippen molar-refractivity contribution in [2.75, 3.05) is 11.9 Å². The molecule has 94 valence electrons. The van der Waals surface area contributed by atoms with Gasteiger partial charge in [0, 0.05) is 25.4 Å². The molecular formula is C15H18N2O. The van der Waals surface area contributed by atoms with Crippen LogP contribution in [0, 0.1) is 6.92 Å². The lowest BCUT2D eigenvalue weighted by Gasteiger charge is -2.21. The lowest BCUT2D eigenvalue weighted by molar-refractivity contribution is 0.281. The summed E-state index contributed by atoms with van der Waals surface area (Å²) >= 11 is 0. The first-order chi connectivity index (χ1) is 8.72. The molecule has 0 radical (unpaired) electrons. The average molecular weight is 242 g/mol. The van der Waals surface area contributed by atoms with Gasteiger partial charge in [-0.25, -0.2) is 4.98 Å². The predicted molar refractivity (Wildman–Crippen MR) is 73.4 cm³/mol. The Morgan fingerprint density at radius 2 is 1.83 bits per heavy atom. The van der Waals surface area contributed by atoms with E-state index in [0.717, 1.165) is 17.9 Å². The van der Waals surface area contributed by atoms with Gasteiger partial charge in [-0.1, -0.05) is 30.3 Å². The number of hydrogen-bond donors (Lipinski definition) is 1. The third kappa shape index (κ3) is 2.68. The minimum Gasteiger partial charge on any atom is -0.392 e. The molecule has 1 heterocycles. The van der Waals surface area contributed by atoms with Crippen molar-refractivity contribution in [2.24, 2.45) is 0 Å². The molecular weight excluding hydrogens is 224 g/mol. The van der Waals surface area contributed by atoms with Gasteiger partial charge in [0.2, 0.25) is 0 Å². The molecule has 0 spiro atoms. The molecule has 0 atom stereocenters. The summed E-state index contributed by atoms with van der Waals surface area (Å²) in [6, 6.07) is 12.1. The molecule has 2 rings (SSSR count). The van der Waals surface area contributed by atoms with Crippen LogP contribution in [0.4, 0.5) is 5.82 Å². The van der Waals surface area contributed by atoms with Gasteiger partial charge in [-0.3, -0.25) is 0 Å². The highest BCUT2D eigenvalue weighted by atomic mass is 16.3. The Morgan fingerprint density at radius 1 is 1.11 bits per heavy atom. The molecule has 0 saturated heterocycles. The van der Waals surface area contributed by atoms with E-state index in [1.165, 1.54) is 11.1 Å². The van der Waals surface area contributed by atoms with E-state index in [-0.39, 0.29) is 6.61 Å². The molecule has 0 aliphatic heterocycles. The summed E-state index contributed by atoms with van der Waals surface area (Å²) in [5.41, 5.74) is 3.40. The fourth-order valence-corrected chi connectivity index (χ4v) is 2.02. The monoisotopic (exact) mass is 242 g/mol. The number of aromatic nitrogens is 1. The zero-order chi connectivity index (χ0) is 13.0. The normalized spacial score (nSPS) is 10.4. The summed E-state index contributed by atoms with van der Waals surface area (Å²) in [5, 5.41) is 9.32. The van der Waals surface area contributed by atoms with Crippen LogP contribution >= 0.6 is 0 Å². The molecule has 3 heteroatoms. The Labute approximate surface area is 108 Å². The van der Waals surface area contributed by atoms with Crippen molar-refractivity contribution in [3.05, 3.63) is 59.3 Å². The van der Waals surface area contributed by atoms with Crippen LogP contribution in [0.25, 0.3) is 0 Å². The Balaban J connectivity index is 2.22. The lowest BCUT2D eigenvalue weighted by atomic mass is 10.1. The maximum atomic E-state index is 9.32. The van der Waals surface area contributed by atoms with Crippen LogP contribution in [0.3, 0.4) is 0 Å². The minimum absolute atomic E-state index is 0.0152. The minimum atomic E-state index is 0.0152. The van der Waals surface area contributed by atoms with Crippen LogP contribution in [-0.4, -0.2) is 17.1 Å². The van der Waals surface area contributed by atoms with E-state index in [0.29, 0.717) is 0 Å². The van der Waals surface area contributed by atoms with Crippen molar-refractivity contribution < 1.29 is 5.11 Å². The second-order valence-electron chi connectivity index (χ2n) is 4.43. The second-order valence-corrected chi connectivity index (χ2v) is 4.43. The topological polar surface area (TPSA) is 36.4 Å². The van der Waals surface area contributed by atoms with Crippen LogP contribution in [-0.2, 0) is 13.2 Å². The van der Waals surface area contributed by atoms with Crippen LogP contribution in [0.2, 0.25) is 0 Å². The zero-order valence-corrected chi connectivity index (χ0v) is 10.8. The van der Waals surface area contributed by atoms with Crippen molar-refractivity contribution in [3.63, 3.8) is 0 Å². The molecule has 1 aromatic heterocycles. The number of aryl methyl sites for hydroxylation is 1. The van der Waals surface area contributed by atoms with Crippen LogP contribution in [0.15, 0.2) is 42.6 Å². The van der Waals surface area contributed by atoms with Crippen LogP contribution in [0.5, 0.6) is 0 Å². The summed E-state index contributed by atoms with van der Waals surface area (Å²) in [7, 11) is 1.99. The Kier molecular flexibility index (Phi) is 3.95. The molecule has 2 aromatic rings. The van der Waals surface area contributed by atoms with E-state index in [4.69, 9.17) is 0 Å². The summed E-state index contributed by atoms with van der Waals surface area (Å²) in [6.45, 7) is 2.91. The van der Waals surface area contributed by atoms with Crippen molar-refractivity contribution in [1.82, 2.24) is 4.98 Å². The summed E-state index contributed by atoms with van der Waals surface area (Å²) in [4.78, 5) is 6.40. The lowest BCUT2D eigenvalue weighted by Crippen LogP contribution is -2.19. The first kappa shape index (κ1) is 12.6. The third-order valence-corrected chi connectivity index (χ3v) is 3.07. The first-order valence-corrected chi connectivity index (χ1v) is 6.02. The van der Waals surface area contributed by atoms with Crippen molar-refractivity contribution in [2.45, 2.75) is 20.1 Å². The highest BCUT2D eigenvalue weighted by molar-refractivity contribution is 5.46. The number of aliphatic hydroxyl groups is 1. The summed E-state index contributed by atoms with van der Waals surface area (Å²) in [6.07, 6.45) is 1.75. The van der Waals surface area contributed by atoms with E-state index >= 15 is 0 Å². The Bertz CT molecular complexity index is 525. The quantitative estimate of drug-likeness (QED) is 0.895. The van der Waals surface area contributed by atoms with E-state index < -0.39 is 0 Å². The smallest absolute Gasteiger partial charge is 0.134 e. The summed E-state index contributed by atoms with van der Waals surface area (Å²) in [5.74, 6) is 0.836. The second kappa shape index (κ2) is 5.65. The Hall–Kier alpha value is -1.87. The SMILES string of the molecule is Cc1ccccc1CN(C)c1ncccc1CO. The number of pyridine rings is 1. The number of rotatable bonds is 4. The van der Waals surface area contributed by atoms with Gasteiger partial charge in [-0.15, -0.1) is 0 Å². The molecule has 3 nitrogen and oxygen atoms in total. The van der Waals surface area contributed by atoms with Crippen molar-refractivity contribution in [3.8, 4) is 0 Å². The highest BCUT2D eigenvalue weighted by Gasteiger charge is 2.09.